The van der Waals surface area contributed by atoms with Gasteiger partial charge in [0.15, 0.2) is 0 Å². The molecule has 7 heteroatoms. The fraction of sp³-hybridized carbons (Fsp3) is 0.455. The topological polar surface area (TPSA) is 92.9 Å². The van der Waals surface area contributed by atoms with Gasteiger partial charge in [-0.25, -0.2) is 0 Å². The fourth-order valence-corrected chi connectivity index (χ4v) is 2.91. The van der Waals surface area contributed by atoms with Crippen molar-refractivity contribution >= 4 is 15.8 Å². The third kappa shape index (κ3) is 2.81. The minimum atomic E-state index is -4.25. The highest BCUT2D eigenvalue weighted by atomic mass is 32.2. The molecule has 0 amide bonds. The van der Waals surface area contributed by atoms with Gasteiger partial charge in [-0.3, -0.25) is 9.45 Å². The summed E-state index contributed by atoms with van der Waals surface area (Å²) in [6.45, 7) is 2.51. The second kappa shape index (κ2) is 4.85. The average molecular weight is 272 g/mol. The van der Waals surface area contributed by atoms with Gasteiger partial charge in [0.2, 0.25) is 5.56 Å². The van der Waals surface area contributed by atoms with Crippen molar-refractivity contribution in [3.05, 3.63) is 29.8 Å². The Morgan fingerprint density at radius 2 is 2.17 bits per heavy atom. The Labute approximate surface area is 106 Å². The van der Waals surface area contributed by atoms with Crippen LogP contribution in [0.25, 0.3) is 0 Å². The first-order chi connectivity index (χ1) is 8.38. The first kappa shape index (κ1) is 13.3. The second-order valence-corrected chi connectivity index (χ2v) is 5.83. The van der Waals surface area contributed by atoms with Gasteiger partial charge >= 0.3 is 10.1 Å². The smallest absolute Gasteiger partial charge is 0.307 e. The predicted octanol–water partition coefficient (Wildman–Crippen LogP) is 0.661. The summed E-state index contributed by atoms with van der Waals surface area (Å²) in [5, 5.41) is 0. The van der Waals surface area contributed by atoms with Crippen LogP contribution < -0.4 is 5.73 Å². The van der Waals surface area contributed by atoms with Gasteiger partial charge in [-0.05, 0) is 18.6 Å². The maximum atomic E-state index is 11.2. The molecule has 0 aromatic heterocycles. The summed E-state index contributed by atoms with van der Waals surface area (Å²) < 4.78 is 36.8. The number of ether oxygens (including phenoxy) is 1. The molecule has 2 unspecified atom stereocenters. The van der Waals surface area contributed by atoms with Crippen molar-refractivity contribution in [2.45, 2.75) is 25.1 Å². The Hall–Kier alpha value is -1.15. The first-order valence-electron chi connectivity index (χ1n) is 5.57. The molecule has 0 spiro atoms. The van der Waals surface area contributed by atoms with Crippen LogP contribution in [0, 0.1) is 0 Å². The summed E-state index contributed by atoms with van der Waals surface area (Å²) in [6.07, 6.45) is -0.248. The van der Waals surface area contributed by atoms with E-state index in [0.717, 1.165) is 5.56 Å². The van der Waals surface area contributed by atoms with Crippen LogP contribution in [0.15, 0.2) is 24.3 Å². The molecule has 1 heterocycles. The summed E-state index contributed by atoms with van der Waals surface area (Å²) in [7, 11) is -4.25. The summed E-state index contributed by atoms with van der Waals surface area (Å²) in [6, 6.07) is 7.20. The van der Waals surface area contributed by atoms with E-state index in [9.17, 15) is 8.42 Å². The Morgan fingerprint density at radius 3 is 2.78 bits per heavy atom. The van der Waals surface area contributed by atoms with Gasteiger partial charge in [0.25, 0.3) is 0 Å². The zero-order chi connectivity index (χ0) is 13.3. The highest BCUT2D eigenvalue weighted by Gasteiger charge is 2.39. The molecule has 0 saturated carbocycles. The molecular formula is C11H16N2O4S. The van der Waals surface area contributed by atoms with Gasteiger partial charge in [-0.15, -0.1) is 0 Å². The summed E-state index contributed by atoms with van der Waals surface area (Å²) >= 11 is 0. The van der Waals surface area contributed by atoms with Gasteiger partial charge in [0.1, 0.15) is 0 Å². The molecule has 100 valence electrons. The van der Waals surface area contributed by atoms with Crippen molar-refractivity contribution in [1.29, 1.82) is 0 Å². The lowest BCUT2D eigenvalue weighted by atomic mass is 10.1. The normalized spacial score (nSPS) is 25.4. The summed E-state index contributed by atoms with van der Waals surface area (Å²) in [5.41, 5.74) is 5.89. The SMILES string of the molecule is CC1CN(Cc2ccccc2N)C(S(=O)(=O)O)O1. The number of hydrogen-bond donors (Lipinski definition) is 2. The van der Waals surface area contributed by atoms with Crippen molar-refractivity contribution in [3.63, 3.8) is 0 Å². The van der Waals surface area contributed by atoms with Crippen molar-refractivity contribution < 1.29 is 17.7 Å². The van der Waals surface area contributed by atoms with Crippen LogP contribution >= 0.6 is 0 Å². The average Bonchev–Trinajstić information content (AvgIpc) is 2.63. The van der Waals surface area contributed by atoms with Crippen molar-refractivity contribution in [1.82, 2.24) is 4.90 Å². The van der Waals surface area contributed by atoms with Crippen LogP contribution in [0.3, 0.4) is 0 Å². The van der Waals surface area contributed by atoms with Crippen molar-refractivity contribution in [2.75, 3.05) is 12.3 Å². The van der Waals surface area contributed by atoms with E-state index in [4.69, 9.17) is 15.0 Å². The molecule has 18 heavy (non-hydrogen) atoms. The van der Waals surface area contributed by atoms with E-state index in [1.807, 2.05) is 18.2 Å². The van der Waals surface area contributed by atoms with Crippen molar-refractivity contribution in [3.8, 4) is 0 Å². The predicted molar refractivity (Wildman–Crippen MR) is 67.1 cm³/mol. The summed E-state index contributed by atoms with van der Waals surface area (Å²) in [4.78, 5) is 1.55. The zero-order valence-electron chi connectivity index (χ0n) is 9.98. The number of para-hydroxylation sites is 1. The zero-order valence-corrected chi connectivity index (χ0v) is 10.8. The molecule has 1 aromatic rings. The Bertz CT molecular complexity index is 532. The molecule has 1 aliphatic rings. The van der Waals surface area contributed by atoms with E-state index in [1.54, 1.807) is 17.9 Å². The van der Waals surface area contributed by atoms with Gasteiger partial charge in [-0.1, -0.05) is 18.2 Å². The van der Waals surface area contributed by atoms with E-state index in [-0.39, 0.29) is 6.10 Å². The lowest BCUT2D eigenvalue weighted by Gasteiger charge is -2.20. The van der Waals surface area contributed by atoms with Gasteiger partial charge < -0.3 is 10.5 Å². The quantitative estimate of drug-likeness (QED) is 0.620. The molecule has 2 atom stereocenters. The molecule has 1 fully saturated rings. The van der Waals surface area contributed by atoms with E-state index >= 15 is 0 Å². The largest absolute Gasteiger partial charge is 0.398 e. The van der Waals surface area contributed by atoms with Gasteiger partial charge in [0, 0.05) is 18.8 Å². The minimum absolute atomic E-state index is 0.248. The van der Waals surface area contributed by atoms with Crippen molar-refractivity contribution in [2.24, 2.45) is 0 Å². The number of hydrogen-bond acceptors (Lipinski definition) is 5. The van der Waals surface area contributed by atoms with Crippen LogP contribution in [0.4, 0.5) is 5.69 Å². The van der Waals surface area contributed by atoms with Crippen LogP contribution in [-0.4, -0.2) is 36.1 Å². The highest BCUT2D eigenvalue weighted by Crippen LogP contribution is 2.24. The first-order valence-corrected chi connectivity index (χ1v) is 7.07. The van der Waals surface area contributed by atoms with Gasteiger partial charge in [0.05, 0.1) is 6.10 Å². The van der Waals surface area contributed by atoms with E-state index in [0.29, 0.717) is 18.8 Å². The van der Waals surface area contributed by atoms with Gasteiger partial charge in [-0.2, -0.15) is 8.42 Å². The third-order valence-corrected chi connectivity index (χ3v) is 3.74. The molecular weight excluding hydrogens is 256 g/mol. The highest BCUT2D eigenvalue weighted by molar-refractivity contribution is 7.86. The number of nitrogens with two attached hydrogens (primary N) is 1. The maximum absolute atomic E-state index is 11.2. The Morgan fingerprint density at radius 1 is 1.50 bits per heavy atom. The molecule has 2 rings (SSSR count). The lowest BCUT2D eigenvalue weighted by molar-refractivity contribution is 0.0553. The monoisotopic (exact) mass is 272 g/mol. The van der Waals surface area contributed by atoms with E-state index < -0.39 is 15.7 Å². The second-order valence-electron chi connectivity index (χ2n) is 4.40. The van der Waals surface area contributed by atoms with Crippen LogP contribution in [0.5, 0.6) is 0 Å². The molecule has 0 radical (unpaired) electrons. The molecule has 0 bridgehead atoms. The Kier molecular flexibility index (Phi) is 3.58. The third-order valence-electron chi connectivity index (χ3n) is 2.82. The number of anilines is 1. The maximum Gasteiger partial charge on any atom is 0.307 e. The fourth-order valence-electron chi connectivity index (χ4n) is 2.04. The van der Waals surface area contributed by atoms with Crippen LogP contribution in [0.2, 0.25) is 0 Å². The van der Waals surface area contributed by atoms with Crippen LogP contribution in [-0.2, 0) is 21.4 Å². The Balaban J connectivity index is 2.20. The molecule has 1 aromatic carbocycles. The number of nitrogen functional groups attached to an aromatic ring is 1. The van der Waals surface area contributed by atoms with Crippen LogP contribution in [0.1, 0.15) is 12.5 Å². The minimum Gasteiger partial charge on any atom is -0.398 e. The number of nitrogens with zero attached hydrogens (tertiary/aromatic N) is 1. The lowest BCUT2D eigenvalue weighted by Crippen LogP contribution is -2.36. The summed E-state index contributed by atoms with van der Waals surface area (Å²) in [5.74, 6) is 0. The molecule has 1 aliphatic heterocycles. The van der Waals surface area contributed by atoms with E-state index in [2.05, 4.69) is 0 Å². The molecule has 6 nitrogen and oxygen atoms in total. The number of benzene rings is 1. The molecule has 0 aliphatic carbocycles. The standard InChI is InChI=1S/C11H16N2O4S/c1-8-6-13(11(17-8)18(14,15)16)7-9-4-2-3-5-10(9)12/h2-5,8,11H,6-7,12H2,1H3,(H,14,15,16). The molecule has 3 N–H and O–H groups in total. The van der Waals surface area contributed by atoms with E-state index in [1.165, 1.54) is 0 Å². The molecule has 1 saturated heterocycles. The number of rotatable bonds is 3.